The molecule has 0 bridgehead atoms. The van der Waals surface area contributed by atoms with E-state index >= 15 is 0 Å². The first-order chi connectivity index (χ1) is 5.72. The second-order valence-electron chi connectivity index (χ2n) is 2.54. The Morgan fingerprint density at radius 2 is 2.08 bits per heavy atom. The molecule has 0 amide bonds. The van der Waals surface area contributed by atoms with Gasteiger partial charge in [-0.1, -0.05) is 25.2 Å². The van der Waals surface area contributed by atoms with Gasteiger partial charge in [-0.3, -0.25) is 0 Å². The summed E-state index contributed by atoms with van der Waals surface area (Å²) in [5.74, 6) is -0.803. The lowest BCUT2D eigenvalue weighted by molar-refractivity contribution is -0.132. The van der Waals surface area contributed by atoms with Crippen LogP contribution in [-0.4, -0.2) is 11.1 Å². The van der Waals surface area contributed by atoms with Crippen LogP contribution in [0.15, 0.2) is 23.8 Å². The Morgan fingerprint density at radius 3 is 2.50 bits per heavy atom. The smallest absolute Gasteiger partial charge is 0.331 e. The van der Waals surface area contributed by atoms with Gasteiger partial charge in [0, 0.05) is 5.57 Å². The molecular weight excluding hydrogens is 152 g/mol. The second-order valence-corrected chi connectivity index (χ2v) is 2.54. The van der Waals surface area contributed by atoms with Crippen LogP contribution in [0.4, 0.5) is 0 Å². The zero-order valence-corrected chi connectivity index (χ0v) is 7.71. The molecule has 1 N–H and O–H groups in total. The highest BCUT2D eigenvalue weighted by Crippen LogP contribution is 2.05. The Bertz CT molecular complexity index is 190. The van der Waals surface area contributed by atoms with Gasteiger partial charge in [-0.15, -0.1) is 0 Å². The van der Waals surface area contributed by atoms with E-state index in [1.807, 2.05) is 6.08 Å². The number of allylic oxidation sites excluding steroid dienone is 3. The van der Waals surface area contributed by atoms with Crippen LogP contribution in [0.5, 0.6) is 0 Å². The van der Waals surface area contributed by atoms with Crippen LogP contribution in [0, 0.1) is 0 Å². The molecule has 0 aliphatic rings. The average molecular weight is 168 g/mol. The number of hydrogen-bond donors (Lipinski definition) is 1. The van der Waals surface area contributed by atoms with Gasteiger partial charge >= 0.3 is 5.97 Å². The monoisotopic (exact) mass is 168 g/mol. The van der Waals surface area contributed by atoms with E-state index in [0.29, 0.717) is 12.0 Å². The molecule has 0 spiro atoms. The third-order valence-electron chi connectivity index (χ3n) is 1.61. The summed E-state index contributed by atoms with van der Waals surface area (Å²) in [6, 6.07) is 0. The summed E-state index contributed by atoms with van der Waals surface area (Å²) >= 11 is 0. The zero-order chi connectivity index (χ0) is 9.40. The van der Waals surface area contributed by atoms with Crippen molar-refractivity contribution in [1.29, 1.82) is 0 Å². The highest BCUT2D eigenvalue weighted by atomic mass is 16.4. The maximum Gasteiger partial charge on any atom is 0.331 e. The minimum absolute atomic E-state index is 0.496. The molecule has 0 aliphatic carbocycles. The molecule has 2 nitrogen and oxygen atoms in total. The predicted octanol–water partition coefficient (Wildman–Crippen LogP) is 2.76. The minimum Gasteiger partial charge on any atom is -0.478 e. The van der Waals surface area contributed by atoms with E-state index in [2.05, 4.69) is 13.0 Å². The molecule has 0 rings (SSSR count). The molecule has 2 heteroatoms. The van der Waals surface area contributed by atoms with Crippen molar-refractivity contribution in [1.82, 2.24) is 0 Å². The molecule has 68 valence electrons. The first-order valence-corrected chi connectivity index (χ1v) is 4.25. The Hall–Kier alpha value is -1.05. The van der Waals surface area contributed by atoms with Crippen LogP contribution in [0.1, 0.15) is 33.1 Å². The maximum absolute atomic E-state index is 10.5. The summed E-state index contributed by atoms with van der Waals surface area (Å²) in [7, 11) is 0. The zero-order valence-electron chi connectivity index (χ0n) is 7.71. The number of carboxylic acid groups (broad SMARTS) is 1. The summed E-state index contributed by atoms with van der Waals surface area (Å²) in [6.07, 6.45) is 8.18. The lowest BCUT2D eigenvalue weighted by Gasteiger charge is -1.96. The third-order valence-corrected chi connectivity index (χ3v) is 1.61. The molecule has 0 unspecified atom stereocenters. The van der Waals surface area contributed by atoms with Crippen molar-refractivity contribution in [2.45, 2.75) is 33.1 Å². The Balaban J connectivity index is 3.75. The predicted molar refractivity (Wildman–Crippen MR) is 50.1 cm³/mol. The van der Waals surface area contributed by atoms with E-state index in [0.717, 1.165) is 12.8 Å². The minimum atomic E-state index is -0.803. The summed E-state index contributed by atoms with van der Waals surface area (Å²) in [4.78, 5) is 10.5. The summed E-state index contributed by atoms with van der Waals surface area (Å²) in [5, 5.41) is 8.64. The van der Waals surface area contributed by atoms with Gasteiger partial charge in [0.05, 0.1) is 0 Å². The SMILES string of the molecule is CC=C(CCC=CCC)C(=O)O. The molecule has 0 aromatic heterocycles. The first-order valence-electron chi connectivity index (χ1n) is 4.25. The van der Waals surface area contributed by atoms with Gasteiger partial charge in [-0.2, -0.15) is 0 Å². The van der Waals surface area contributed by atoms with E-state index in [-0.39, 0.29) is 0 Å². The summed E-state index contributed by atoms with van der Waals surface area (Å²) in [5.41, 5.74) is 0.496. The highest BCUT2D eigenvalue weighted by Gasteiger charge is 2.02. The van der Waals surface area contributed by atoms with Gasteiger partial charge < -0.3 is 5.11 Å². The topological polar surface area (TPSA) is 37.3 Å². The Morgan fingerprint density at radius 1 is 1.42 bits per heavy atom. The fourth-order valence-corrected chi connectivity index (χ4v) is 0.898. The van der Waals surface area contributed by atoms with Gasteiger partial charge in [0.25, 0.3) is 0 Å². The van der Waals surface area contributed by atoms with Crippen LogP contribution in [0.3, 0.4) is 0 Å². The lowest BCUT2D eigenvalue weighted by atomic mass is 10.1. The number of rotatable bonds is 5. The van der Waals surface area contributed by atoms with Crippen LogP contribution in [-0.2, 0) is 4.79 Å². The number of carbonyl (C=O) groups is 1. The fourth-order valence-electron chi connectivity index (χ4n) is 0.898. The second kappa shape index (κ2) is 6.65. The molecule has 0 atom stereocenters. The standard InChI is InChI=1S/C10H16O2/c1-3-5-6-7-8-9(4-2)10(11)12/h4-6H,3,7-8H2,1-2H3,(H,11,12). The van der Waals surface area contributed by atoms with E-state index in [4.69, 9.17) is 5.11 Å². The van der Waals surface area contributed by atoms with Crippen LogP contribution < -0.4 is 0 Å². The largest absolute Gasteiger partial charge is 0.478 e. The summed E-state index contributed by atoms with van der Waals surface area (Å²) in [6.45, 7) is 3.82. The summed E-state index contributed by atoms with van der Waals surface area (Å²) < 4.78 is 0. The van der Waals surface area contributed by atoms with Gasteiger partial charge in [0.2, 0.25) is 0 Å². The maximum atomic E-state index is 10.5. The van der Waals surface area contributed by atoms with Crippen molar-refractivity contribution in [2.24, 2.45) is 0 Å². The van der Waals surface area contributed by atoms with Crippen LogP contribution in [0.25, 0.3) is 0 Å². The van der Waals surface area contributed by atoms with Crippen molar-refractivity contribution in [3.05, 3.63) is 23.8 Å². The molecule has 0 saturated heterocycles. The molecule has 0 fully saturated rings. The highest BCUT2D eigenvalue weighted by molar-refractivity contribution is 5.86. The number of carboxylic acids is 1. The first kappa shape index (κ1) is 11.0. The van der Waals surface area contributed by atoms with Crippen molar-refractivity contribution < 1.29 is 9.90 Å². The molecule has 0 radical (unpaired) electrons. The normalized spacial score (nSPS) is 12.3. The van der Waals surface area contributed by atoms with Gasteiger partial charge in [0.15, 0.2) is 0 Å². The quantitative estimate of drug-likeness (QED) is 0.506. The van der Waals surface area contributed by atoms with Crippen molar-refractivity contribution in [3.63, 3.8) is 0 Å². The number of aliphatic carboxylic acids is 1. The van der Waals surface area contributed by atoms with Crippen LogP contribution >= 0.6 is 0 Å². The van der Waals surface area contributed by atoms with E-state index in [1.54, 1.807) is 13.0 Å². The van der Waals surface area contributed by atoms with E-state index in [1.165, 1.54) is 0 Å². The van der Waals surface area contributed by atoms with Crippen molar-refractivity contribution in [3.8, 4) is 0 Å². The Kier molecular flexibility index (Phi) is 6.07. The van der Waals surface area contributed by atoms with Gasteiger partial charge in [-0.05, 0) is 26.2 Å². The molecule has 0 heterocycles. The van der Waals surface area contributed by atoms with Crippen LogP contribution in [0.2, 0.25) is 0 Å². The van der Waals surface area contributed by atoms with Gasteiger partial charge in [-0.25, -0.2) is 4.79 Å². The molecular formula is C10H16O2. The van der Waals surface area contributed by atoms with E-state index < -0.39 is 5.97 Å². The molecule has 0 aromatic carbocycles. The molecule has 0 aromatic rings. The molecule has 12 heavy (non-hydrogen) atoms. The molecule has 0 aliphatic heterocycles. The lowest BCUT2D eigenvalue weighted by Crippen LogP contribution is -1.99. The van der Waals surface area contributed by atoms with Gasteiger partial charge in [0.1, 0.15) is 0 Å². The third kappa shape index (κ3) is 4.72. The van der Waals surface area contributed by atoms with E-state index in [9.17, 15) is 4.79 Å². The van der Waals surface area contributed by atoms with Crippen molar-refractivity contribution >= 4 is 5.97 Å². The molecule has 0 saturated carbocycles. The fraction of sp³-hybridized carbons (Fsp3) is 0.500. The Labute approximate surface area is 73.6 Å². The average Bonchev–Trinajstić information content (AvgIpc) is 2.04. The number of hydrogen-bond acceptors (Lipinski definition) is 1. The van der Waals surface area contributed by atoms with Crippen molar-refractivity contribution in [2.75, 3.05) is 0 Å².